The van der Waals surface area contributed by atoms with E-state index in [0.29, 0.717) is 5.56 Å². The lowest BCUT2D eigenvalue weighted by molar-refractivity contribution is 0.0957. The van der Waals surface area contributed by atoms with Gasteiger partial charge < -0.3 is 11.1 Å². The molecule has 0 unspecified atom stereocenters. The molecule has 0 saturated heterocycles. The summed E-state index contributed by atoms with van der Waals surface area (Å²) in [6.45, 7) is 0. The van der Waals surface area contributed by atoms with E-state index in [1.165, 1.54) is 0 Å². The summed E-state index contributed by atoms with van der Waals surface area (Å²) < 4.78 is 0. The van der Waals surface area contributed by atoms with E-state index >= 15 is 0 Å². The fourth-order valence-electron chi connectivity index (χ4n) is 1.27. The molecule has 1 heterocycles. The molecule has 3 N–H and O–H groups in total. The molecule has 0 spiro atoms. The number of nitrogens with one attached hydrogen (secondary N) is 1. The number of fused-ring (bicyclic) bond motifs is 1. The van der Waals surface area contributed by atoms with Gasteiger partial charge in [0.15, 0.2) is 0 Å². The van der Waals surface area contributed by atoms with Crippen molar-refractivity contribution in [2.24, 2.45) is 5.73 Å². The molecule has 0 aromatic heterocycles. The van der Waals surface area contributed by atoms with E-state index in [1.54, 1.807) is 6.07 Å². The highest BCUT2D eigenvalue weighted by Gasteiger charge is 2.24. The van der Waals surface area contributed by atoms with Crippen LogP contribution in [0, 0.1) is 0 Å². The van der Waals surface area contributed by atoms with Gasteiger partial charge in [0, 0.05) is 11.1 Å². The summed E-state index contributed by atoms with van der Waals surface area (Å²) in [6, 6.07) is 7.34. The number of amides is 1. The van der Waals surface area contributed by atoms with Crippen LogP contribution >= 0.6 is 0 Å². The van der Waals surface area contributed by atoms with Crippen LogP contribution in [0.15, 0.2) is 24.3 Å². The van der Waals surface area contributed by atoms with E-state index in [-0.39, 0.29) is 12.1 Å². The van der Waals surface area contributed by atoms with E-state index in [4.69, 9.17) is 5.73 Å². The minimum atomic E-state index is -0.321. The van der Waals surface area contributed by atoms with Crippen LogP contribution in [0.25, 0.3) is 0 Å². The monoisotopic (exact) mass is 148 g/mol. The second-order valence-corrected chi connectivity index (χ2v) is 2.54. The molecule has 11 heavy (non-hydrogen) atoms. The zero-order valence-corrected chi connectivity index (χ0v) is 5.87. The summed E-state index contributed by atoms with van der Waals surface area (Å²) in [4.78, 5) is 11.1. The third-order valence-corrected chi connectivity index (χ3v) is 1.83. The van der Waals surface area contributed by atoms with Gasteiger partial charge in [-0.2, -0.15) is 0 Å². The van der Waals surface area contributed by atoms with Gasteiger partial charge >= 0.3 is 0 Å². The van der Waals surface area contributed by atoms with Crippen molar-refractivity contribution in [1.82, 2.24) is 5.32 Å². The average molecular weight is 148 g/mol. The summed E-state index contributed by atoms with van der Waals surface area (Å²) in [5, 5.41) is 2.62. The number of nitrogens with two attached hydrogens (primary N) is 1. The Labute approximate surface area is 64.2 Å². The largest absolute Gasteiger partial charge is 0.333 e. The SMILES string of the molecule is N[C@@H]1NC(=O)c2ccccc21. The van der Waals surface area contributed by atoms with Crippen LogP contribution in [0.1, 0.15) is 22.1 Å². The number of rotatable bonds is 0. The van der Waals surface area contributed by atoms with Gasteiger partial charge in [-0.05, 0) is 6.07 Å². The van der Waals surface area contributed by atoms with Gasteiger partial charge in [0.2, 0.25) is 0 Å². The van der Waals surface area contributed by atoms with Crippen LogP contribution in [-0.2, 0) is 0 Å². The minimum Gasteiger partial charge on any atom is -0.333 e. The molecule has 0 fully saturated rings. The van der Waals surface area contributed by atoms with Crippen LogP contribution in [0.3, 0.4) is 0 Å². The van der Waals surface area contributed by atoms with Crippen molar-refractivity contribution in [2.45, 2.75) is 6.17 Å². The van der Waals surface area contributed by atoms with Crippen LogP contribution in [0.2, 0.25) is 0 Å². The molecule has 1 atom stereocenters. The van der Waals surface area contributed by atoms with Crippen LogP contribution in [-0.4, -0.2) is 5.91 Å². The third-order valence-electron chi connectivity index (χ3n) is 1.83. The molecule has 56 valence electrons. The molecule has 1 aromatic carbocycles. The highest BCUT2D eigenvalue weighted by atomic mass is 16.2. The predicted octanol–water partition coefficient (Wildman–Crippen LogP) is 0.387. The Morgan fingerprint density at radius 2 is 2.09 bits per heavy atom. The molecule has 3 nitrogen and oxygen atoms in total. The van der Waals surface area contributed by atoms with Gasteiger partial charge in [0.25, 0.3) is 5.91 Å². The number of carbonyl (C=O) groups is 1. The first-order valence-corrected chi connectivity index (χ1v) is 3.44. The summed E-state index contributed by atoms with van der Waals surface area (Å²) in [5.41, 5.74) is 7.19. The smallest absolute Gasteiger partial charge is 0.253 e. The normalized spacial score (nSPS) is 21.2. The highest BCUT2D eigenvalue weighted by Crippen LogP contribution is 2.20. The zero-order chi connectivity index (χ0) is 7.84. The fraction of sp³-hybridized carbons (Fsp3) is 0.125. The molecule has 1 amide bonds. The van der Waals surface area contributed by atoms with Crippen LogP contribution < -0.4 is 11.1 Å². The maximum absolute atomic E-state index is 11.1. The van der Waals surface area contributed by atoms with Gasteiger partial charge in [-0.25, -0.2) is 0 Å². The molecule has 0 radical (unpaired) electrons. The van der Waals surface area contributed by atoms with E-state index in [9.17, 15) is 4.79 Å². The van der Waals surface area contributed by atoms with E-state index < -0.39 is 0 Å². The summed E-state index contributed by atoms with van der Waals surface area (Å²) in [6.07, 6.45) is -0.321. The molecule has 3 heteroatoms. The first-order valence-electron chi connectivity index (χ1n) is 3.44. The van der Waals surface area contributed by atoms with E-state index in [1.807, 2.05) is 18.2 Å². The standard InChI is InChI=1S/C8H8N2O/c9-7-5-3-1-2-4-6(5)8(11)10-7/h1-4,7H,9H2,(H,10,11)/t7-/m1/s1. The predicted molar refractivity (Wildman–Crippen MR) is 40.8 cm³/mol. The Morgan fingerprint density at radius 1 is 1.36 bits per heavy atom. The Balaban J connectivity index is 2.60. The molecule has 1 aromatic rings. The van der Waals surface area contributed by atoms with Crippen LogP contribution in [0.4, 0.5) is 0 Å². The van der Waals surface area contributed by atoms with Crippen molar-refractivity contribution >= 4 is 5.91 Å². The van der Waals surface area contributed by atoms with Crippen molar-refractivity contribution < 1.29 is 4.79 Å². The van der Waals surface area contributed by atoms with Crippen molar-refractivity contribution in [1.29, 1.82) is 0 Å². The van der Waals surface area contributed by atoms with Crippen molar-refractivity contribution in [2.75, 3.05) is 0 Å². The topological polar surface area (TPSA) is 55.1 Å². The maximum atomic E-state index is 11.1. The summed E-state index contributed by atoms with van der Waals surface area (Å²) >= 11 is 0. The molecule has 1 aliphatic heterocycles. The van der Waals surface area contributed by atoms with E-state index in [2.05, 4.69) is 5.32 Å². The summed E-state index contributed by atoms with van der Waals surface area (Å²) in [7, 11) is 0. The van der Waals surface area contributed by atoms with Crippen molar-refractivity contribution in [3.05, 3.63) is 35.4 Å². The minimum absolute atomic E-state index is 0.0758. The first kappa shape index (κ1) is 6.37. The Hall–Kier alpha value is -1.35. The number of carbonyl (C=O) groups excluding carboxylic acids is 1. The van der Waals surface area contributed by atoms with Gasteiger partial charge in [0.05, 0.1) is 0 Å². The van der Waals surface area contributed by atoms with Gasteiger partial charge in [-0.15, -0.1) is 0 Å². The van der Waals surface area contributed by atoms with Gasteiger partial charge in [-0.1, -0.05) is 18.2 Å². The van der Waals surface area contributed by atoms with Gasteiger partial charge in [0.1, 0.15) is 6.17 Å². The second-order valence-electron chi connectivity index (χ2n) is 2.54. The number of benzene rings is 1. The van der Waals surface area contributed by atoms with Gasteiger partial charge in [-0.3, -0.25) is 4.79 Å². The molecule has 1 aliphatic rings. The quantitative estimate of drug-likeness (QED) is 0.559. The Morgan fingerprint density at radius 3 is 2.82 bits per heavy atom. The second kappa shape index (κ2) is 2.07. The van der Waals surface area contributed by atoms with Crippen LogP contribution in [0.5, 0.6) is 0 Å². The lowest BCUT2D eigenvalue weighted by Crippen LogP contribution is -2.25. The zero-order valence-electron chi connectivity index (χ0n) is 5.87. The molecule has 0 aliphatic carbocycles. The lowest BCUT2D eigenvalue weighted by atomic mass is 10.1. The summed E-state index contributed by atoms with van der Waals surface area (Å²) in [5.74, 6) is -0.0758. The Kier molecular flexibility index (Phi) is 1.20. The molecule has 0 bridgehead atoms. The average Bonchev–Trinajstić information content (AvgIpc) is 2.30. The molecular formula is C8H8N2O. The Bertz CT molecular complexity index is 309. The highest BCUT2D eigenvalue weighted by molar-refractivity contribution is 5.98. The molecule has 2 rings (SSSR count). The third kappa shape index (κ3) is 0.816. The maximum Gasteiger partial charge on any atom is 0.253 e. The first-order chi connectivity index (χ1) is 5.29. The number of hydrogen-bond donors (Lipinski definition) is 2. The lowest BCUT2D eigenvalue weighted by Gasteiger charge is -2.01. The van der Waals surface area contributed by atoms with E-state index in [0.717, 1.165) is 5.56 Å². The fourth-order valence-corrected chi connectivity index (χ4v) is 1.27. The molecular weight excluding hydrogens is 140 g/mol. The van der Waals surface area contributed by atoms with Crippen molar-refractivity contribution in [3.8, 4) is 0 Å². The molecule has 0 saturated carbocycles. The number of hydrogen-bond acceptors (Lipinski definition) is 2. The van der Waals surface area contributed by atoms with Crippen molar-refractivity contribution in [3.63, 3.8) is 0 Å².